The SMILES string of the molecule is C[N+]1(CC2(O)CCC(F)(F)CC2)C[CH]C1Cl. The number of quaternary nitrogens is 1. The van der Waals surface area contributed by atoms with Crippen molar-refractivity contribution in [3.63, 3.8) is 0 Å². The van der Waals surface area contributed by atoms with Crippen LogP contribution in [0.3, 0.4) is 0 Å². The van der Waals surface area contributed by atoms with Crippen molar-refractivity contribution in [3.8, 4) is 0 Å². The highest BCUT2D eigenvalue weighted by Crippen LogP contribution is 2.41. The summed E-state index contributed by atoms with van der Waals surface area (Å²) in [5.41, 5.74) is -1.05. The van der Waals surface area contributed by atoms with Gasteiger partial charge in [0, 0.05) is 12.8 Å². The van der Waals surface area contributed by atoms with E-state index in [1.54, 1.807) is 0 Å². The molecule has 0 amide bonds. The predicted molar refractivity (Wildman–Crippen MR) is 58.2 cm³/mol. The minimum absolute atomic E-state index is 0.0912. The van der Waals surface area contributed by atoms with E-state index in [0.29, 0.717) is 11.0 Å². The van der Waals surface area contributed by atoms with Crippen molar-refractivity contribution >= 4 is 11.6 Å². The molecule has 2 aliphatic rings. The Hall–Kier alpha value is 0.0700. The fourth-order valence-corrected chi connectivity index (χ4v) is 2.84. The van der Waals surface area contributed by atoms with Crippen LogP contribution in [0.5, 0.6) is 0 Å². The molecule has 2 rings (SSSR count). The van der Waals surface area contributed by atoms with E-state index in [4.69, 9.17) is 11.6 Å². The lowest BCUT2D eigenvalue weighted by atomic mass is 9.81. The van der Waals surface area contributed by atoms with Crippen LogP contribution in [0.25, 0.3) is 0 Å². The molecule has 2 atom stereocenters. The number of alkyl halides is 3. The largest absolute Gasteiger partial charge is 0.384 e. The number of halogens is 3. The van der Waals surface area contributed by atoms with Crippen molar-refractivity contribution < 1.29 is 18.4 Å². The zero-order valence-electron chi connectivity index (χ0n) is 9.43. The fraction of sp³-hybridized carbons (Fsp3) is 0.909. The third-order valence-corrected chi connectivity index (χ3v) is 4.53. The van der Waals surface area contributed by atoms with E-state index in [-0.39, 0.29) is 31.2 Å². The molecular formula is C11H18ClF2NO+. The molecule has 1 saturated heterocycles. The Morgan fingerprint density at radius 3 is 2.31 bits per heavy atom. The van der Waals surface area contributed by atoms with Crippen LogP contribution in [-0.4, -0.2) is 46.8 Å². The quantitative estimate of drug-likeness (QED) is 0.454. The van der Waals surface area contributed by atoms with Crippen molar-refractivity contribution in [2.75, 3.05) is 20.1 Å². The van der Waals surface area contributed by atoms with E-state index in [0.717, 1.165) is 6.54 Å². The Bertz CT molecular complexity index is 277. The minimum atomic E-state index is -2.59. The smallest absolute Gasteiger partial charge is 0.248 e. The Kier molecular flexibility index (Phi) is 2.96. The number of hydrogen-bond acceptors (Lipinski definition) is 1. The van der Waals surface area contributed by atoms with Crippen molar-refractivity contribution in [2.24, 2.45) is 0 Å². The Morgan fingerprint density at radius 1 is 1.38 bits per heavy atom. The predicted octanol–water partition coefficient (Wildman–Crippen LogP) is 2.16. The number of likely N-dealkylation sites (tertiary alicyclic amines) is 1. The molecule has 16 heavy (non-hydrogen) atoms. The van der Waals surface area contributed by atoms with Crippen LogP contribution in [0.15, 0.2) is 0 Å². The zero-order valence-corrected chi connectivity index (χ0v) is 10.2. The molecular weight excluding hydrogens is 236 g/mol. The minimum Gasteiger partial charge on any atom is -0.384 e. The van der Waals surface area contributed by atoms with Gasteiger partial charge in [0.1, 0.15) is 12.1 Å². The number of hydrogen-bond donors (Lipinski definition) is 1. The molecule has 93 valence electrons. The second-order valence-corrected chi connectivity index (χ2v) is 5.96. The zero-order chi connectivity index (χ0) is 12.0. The van der Waals surface area contributed by atoms with Crippen LogP contribution in [0.2, 0.25) is 0 Å². The average Bonchev–Trinajstić information content (AvgIpc) is 2.21. The summed E-state index contributed by atoms with van der Waals surface area (Å²) in [6.45, 7) is 1.29. The molecule has 0 aromatic rings. The van der Waals surface area contributed by atoms with Crippen LogP contribution in [0.4, 0.5) is 8.78 Å². The molecule has 1 saturated carbocycles. The first-order chi connectivity index (χ1) is 7.25. The van der Waals surface area contributed by atoms with Crippen LogP contribution in [-0.2, 0) is 0 Å². The average molecular weight is 254 g/mol. The normalized spacial score (nSPS) is 41.4. The summed E-state index contributed by atoms with van der Waals surface area (Å²) < 4.78 is 26.6. The molecule has 0 spiro atoms. The molecule has 2 nitrogen and oxygen atoms in total. The first-order valence-corrected chi connectivity index (χ1v) is 6.10. The summed E-state index contributed by atoms with van der Waals surface area (Å²) in [5.74, 6) is -2.59. The van der Waals surface area contributed by atoms with Crippen LogP contribution in [0, 0.1) is 6.42 Å². The van der Waals surface area contributed by atoms with Gasteiger partial charge in [-0.15, -0.1) is 0 Å². The van der Waals surface area contributed by atoms with Crippen molar-refractivity contribution in [2.45, 2.75) is 42.7 Å². The molecule has 1 aliphatic heterocycles. The molecule has 0 aromatic carbocycles. The van der Waals surface area contributed by atoms with Crippen molar-refractivity contribution in [1.82, 2.24) is 0 Å². The second kappa shape index (κ2) is 3.79. The molecule has 1 radical (unpaired) electrons. The van der Waals surface area contributed by atoms with Gasteiger partial charge in [0.25, 0.3) is 0 Å². The summed E-state index contributed by atoms with van der Waals surface area (Å²) in [5, 5.41) is 10.3. The van der Waals surface area contributed by atoms with Gasteiger partial charge in [0.15, 0.2) is 5.50 Å². The van der Waals surface area contributed by atoms with Gasteiger partial charge in [-0.3, -0.25) is 0 Å². The van der Waals surface area contributed by atoms with E-state index in [9.17, 15) is 13.9 Å². The van der Waals surface area contributed by atoms with E-state index in [2.05, 4.69) is 0 Å². The van der Waals surface area contributed by atoms with Crippen molar-refractivity contribution in [1.29, 1.82) is 0 Å². The lowest BCUT2D eigenvalue weighted by molar-refractivity contribution is -0.949. The Balaban J connectivity index is 1.95. The van der Waals surface area contributed by atoms with E-state index >= 15 is 0 Å². The second-order valence-electron chi connectivity index (χ2n) is 5.51. The highest BCUT2D eigenvalue weighted by Gasteiger charge is 2.51. The first kappa shape index (κ1) is 12.5. The summed E-state index contributed by atoms with van der Waals surface area (Å²) in [6, 6.07) is 0. The fourth-order valence-electron chi connectivity index (χ4n) is 2.61. The summed E-state index contributed by atoms with van der Waals surface area (Å²) in [4.78, 5) is 0. The van der Waals surface area contributed by atoms with Gasteiger partial charge in [0.05, 0.1) is 20.0 Å². The van der Waals surface area contributed by atoms with Gasteiger partial charge in [-0.2, -0.15) is 0 Å². The standard InChI is InChI=1S/C11H18ClF2NO/c1-15(7-2-9(15)12)8-10(16)3-5-11(13,14)6-4-10/h2,9,16H,3-8H2,1H3/q+1. The summed E-state index contributed by atoms with van der Waals surface area (Å²) >= 11 is 6.05. The maximum atomic E-state index is 13.0. The molecule has 1 aliphatic carbocycles. The Morgan fingerprint density at radius 2 is 1.94 bits per heavy atom. The molecule has 2 unspecified atom stereocenters. The van der Waals surface area contributed by atoms with E-state index < -0.39 is 11.5 Å². The van der Waals surface area contributed by atoms with Crippen LogP contribution < -0.4 is 0 Å². The Labute approximate surface area is 99.8 Å². The monoisotopic (exact) mass is 253 g/mol. The molecule has 5 heteroatoms. The lowest BCUT2D eigenvalue weighted by Crippen LogP contribution is -2.66. The number of nitrogens with zero attached hydrogens (tertiary/aromatic N) is 1. The maximum absolute atomic E-state index is 13.0. The summed E-state index contributed by atoms with van der Waals surface area (Å²) in [7, 11) is 1.96. The van der Waals surface area contributed by atoms with E-state index in [1.165, 1.54) is 0 Å². The molecule has 0 bridgehead atoms. The number of rotatable bonds is 2. The molecule has 0 aromatic heterocycles. The third kappa shape index (κ3) is 2.34. The topological polar surface area (TPSA) is 20.2 Å². The highest BCUT2D eigenvalue weighted by molar-refractivity contribution is 6.20. The number of aliphatic hydroxyl groups is 1. The van der Waals surface area contributed by atoms with Gasteiger partial charge >= 0.3 is 0 Å². The maximum Gasteiger partial charge on any atom is 0.248 e. The molecule has 1 heterocycles. The van der Waals surface area contributed by atoms with Crippen LogP contribution >= 0.6 is 11.6 Å². The van der Waals surface area contributed by atoms with Gasteiger partial charge in [-0.1, -0.05) is 11.6 Å². The highest BCUT2D eigenvalue weighted by atomic mass is 35.5. The van der Waals surface area contributed by atoms with Gasteiger partial charge in [0.2, 0.25) is 5.92 Å². The van der Waals surface area contributed by atoms with Gasteiger partial charge in [-0.05, 0) is 12.8 Å². The van der Waals surface area contributed by atoms with Crippen molar-refractivity contribution in [3.05, 3.63) is 6.42 Å². The molecule has 1 N–H and O–H groups in total. The summed E-state index contributed by atoms with van der Waals surface area (Å²) in [6.07, 6.45) is 1.91. The van der Waals surface area contributed by atoms with Crippen LogP contribution in [0.1, 0.15) is 25.7 Å². The number of likely N-dealkylation sites (N-methyl/N-ethyl adjacent to an activating group) is 1. The van der Waals surface area contributed by atoms with Gasteiger partial charge < -0.3 is 9.59 Å². The van der Waals surface area contributed by atoms with E-state index in [1.807, 2.05) is 13.5 Å². The first-order valence-electron chi connectivity index (χ1n) is 5.67. The van der Waals surface area contributed by atoms with Gasteiger partial charge in [-0.25, -0.2) is 8.78 Å². The lowest BCUT2D eigenvalue weighted by Gasteiger charge is -2.51. The third-order valence-electron chi connectivity index (χ3n) is 3.88. The molecule has 2 fully saturated rings.